The molecule has 29 heavy (non-hydrogen) atoms. The number of nitrogens with zero attached hydrogens (tertiary/aromatic N) is 4. The Kier molecular flexibility index (Phi) is 5.69. The first-order chi connectivity index (χ1) is 14.2. The zero-order valence-corrected chi connectivity index (χ0v) is 16.5. The molecule has 3 heterocycles. The molecule has 1 aromatic carbocycles. The first kappa shape index (κ1) is 19.3. The van der Waals surface area contributed by atoms with Crippen molar-refractivity contribution in [1.82, 2.24) is 24.9 Å². The van der Waals surface area contributed by atoms with Gasteiger partial charge in [0, 0.05) is 30.4 Å². The van der Waals surface area contributed by atoms with E-state index in [4.69, 9.17) is 10.2 Å². The summed E-state index contributed by atoms with van der Waals surface area (Å²) >= 11 is 0. The van der Waals surface area contributed by atoms with Gasteiger partial charge in [0.1, 0.15) is 11.3 Å². The van der Waals surface area contributed by atoms with Gasteiger partial charge in [0.15, 0.2) is 5.65 Å². The summed E-state index contributed by atoms with van der Waals surface area (Å²) < 4.78 is 2.28. The quantitative estimate of drug-likeness (QED) is 0.396. The van der Waals surface area contributed by atoms with Crippen molar-refractivity contribution >= 4 is 23.1 Å². The molecule has 1 saturated heterocycles. The molecule has 1 fully saturated rings. The normalized spacial score (nSPS) is 17.8. The number of pyridine rings is 1. The molecule has 0 radical (unpaired) electrons. The van der Waals surface area contributed by atoms with Crippen LogP contribution in [-0.4, -0.2) is 50.2 Å². The van der Waals surface area contributed by atoms with Crippen LogP contribution in [0.3, 0.4) is 0 Å². The molecule has 1 atom stereocenters. The smallest absolute Gasteiger partial charge is 0.267 e. The third kappa shape index (κ3) is 4.06. The van der Waals surface area contributed by atoms with E-state index in [2.05, 4.69) is 21.4 Å². The van der Waals surface area contributed by atoms with Crippen LogP contribution >= 0.6 is 0 Å². The molecule has 1 amide bonds. The highest BCUT2D eigenvalue weighted by Crippen LogP contribution is 2.32. The van der Waals surface area contributed by atoms with Crippen LogP contribution in [0.5, 0.6) is 0 Å². The van der Waals surface area contributed by atoms with Crippen molar-refractivity contribution in [3.05, 3.63) is 54.2 Å². The molecular formula is C22H25N5O2. The molecule has 0 aliphatic carbocycles. The van der Waals surface area contributed by atoms with Crippen molar-refractivity contribution < 1.29 is 10.0 Å². The molecule has 150 valence electrons. The van der Waals surface area contributed by atoms with Crippen molar-refractivity contribution in [2.45, 2.75) is 25.8 Å². The lowest BCUT2D eigenvalue weighted by atomic mass is 10.0. The Morgan fingerprint density at radius 1 is 1.34 bits per heavy atom. The second kappa shape index (κ2) is 8.55. The van der Waals surface area contributed by atoms with Gasteiger partial charge >= 0.3 is 0 Å². The Morgan fingerprint density at radius 2 is 2.24 bits per heavy atom. The summed E-state index contributed by atoms with van der Waals surface area (Å²) in [6.45, 7) is 5.36. The highest BCUT2D eigenvalue weighted by atomic mass is 16.5. The number of hydroxylamine groups is 1. The number of piperidine rings is 1. The van der Waals surface area contributed by atoms with Crippen molar-refractivity contribution in [1.29, 1.82) is 0 Å². The Balaban J connectivity index is 1.78. The topological polar surface area (TPSA) is 83.3 Å². The van der Waals surface area contributed by atoms with Gasteiger partial charge in [0.2, 0.25) is 0 Å². The van der Waals surface area contributed by atoms with Gasteiger partial charge in [-0.15, -0.1) is 0 Å². The molecule has 0 saturated carbocycles. The zero-order valence-electron chi connectivity index (χ0n) is 16.5. The first-order valence-electron chi connectivity index (χ1n) is 9.97. The van der Waals surface area contributed by atoms with Crippen LogP contribution < -0.4 is 5.48 Å². The standard InChI is InChI=1S/C22H25N5O2/c1-2-26-13-5-8-18(15-26)27-21(24-19-9-4-12-23-22(19)27)17-7-3-6-16(14-17)10-11-20(28)25-29/h3-4,6-7,9-12,14,18,29H,2,5,8,13,15H2,1H3,(H,25,28). The Bertz CT molecular complexity index is 1040. The number of carbonyl (C=O) groups excluding carboxylic acids is 1. The van der Waals surface area contributed by atoms with Crippen LogP contribution in [0.25, 0.3) is 28.6 Å². The van der Waals surface area contributed by atoms with E-state index < -0.39 is 5.91 Å². The van der Waals surface area contributed by atoms with Gasteiger partial charge in [-0.2, -0.15) is 0 Å². The fourth-order valence-corrected chi connectivity index (χ4v) is 4.00. The van der Waals surface area contributed by atoms with Crippen LogP contribution in [0.4, 0.5) is 0 Å². The molecule has 1 aliphatic heterocycles. The number of aromatic nitrogens is 3. The molecule has 0 spiro atoms. The minimum atomic E-state index is -0.561. The summed E-state index contributed by atoms with van der Waals surface area (Å²) in [5, 5.41) is 8.67. The van der Waals surface area contributed by atoms with Crippen molar-refractivity contribution in [2.24, 2.45) is 0 Å². The first-order valence-corrected chi connectivity index (χ1v) is 9.97. The maximum Gasteiger partial charge on any atom is 0.267 e. The number of imidazole rings is 1. The molecule has 4 rings (SSSR count). The van der Waals surface area contributed by atoms with Gasteiger partial charge in [-0.1, -0.05) is 25.1 Å². The van der Waals surface area contributed by atoms with Gasteiger partial charge < -0.3 is 9.47 Å². The average molecular weight is 391 g/mol. The fraction of sp³-hybridized carbons (Fsp3) is 0.318. The monoisotopic (exact) mass is 391 g/mol. The molecule has 7 heteroatoms. The van der Waals surface area contributed by atoms with Crippen molar-refractivity contribution in [3.63, 3.8) is 0 Å². The number of fused-ring (bicyclic) bond motifs is 1. The second-order valence-electron chi connectivity index (χ2n) is 7.28. The highest BCUT2D eigenvalue weighted by Gasteiger charge is 2.25. The molecule has 1 aliphatic rings. The number of hydrogen-bond acceptors (Lipinski definition) is 5. The maximum absolute atomic E-state index is 11.3. The maximum atomic E-state index is 11.3. The third-order valence-corrected chi connectivity index (χ3v) is 5.42. The Labute approximate surface area is 169 Å². The minimum absolute atomic E-state index is 0.318. The number of likely N-dealkylation sites (N-methyl/N-ethyl adjacent to an activating group) is 1. The van der Waals surface area contributed by atoms with E-state index in [1.165, 1.54) is 6.08 Å². The average Bonchev–Trinajstić information content (AvgIpc) is 3.17. The predicted molar refractivity (Wildman–Crippen MR) is 112 cm³/mol. The lowest BCUT2D eigenvalue weighted by Crippen LogP contribution is -2.36. The van der Waals surface area contributed by atoms with Gasteiger partial charge in [-0.25, -0.2) is 15.4 Å². The van der Waals surface area contributed by atoms with E-state index in [1.54, 1.807) is 11.6 Å². The van der Waals surface area contributed by atoms with Gasteiger partial charge in [-0.05, 0) is 55.8 Å². The number of rotatable bonds is 5. The summed E-state index contributed by atoms with van der Waals surface area (Å²) in [4.78, 5) is 23.3. The van der Waals surface area contributed by atoms with Crippen molar-refractivity contribution in [3.8, 4) is 11.4 Å². The lowest BCUT2D eigenvalue weighted by Gasteiger charge is -2.33. The molecule has 2 aromatic heterocycles. The number of likely N-dealkylation sites (tertiary alicyclic amines) is 1. The predicted octanol–water partition coefficient (Wildman–Crippen LogP) is 3.27. The molecule has 1 unspecified atom stereocenters. The van der Waals surface area contributed by atoms with E-state index in [-0.39, 0.29) is 0 Å². The van der Waals surface area contributed by atoms with Crippen LogP contribution in [-0.2, 0) is 4.79 Å². The second-order valence-corrected chi connectivity index (χ2v) is 7.28. The summed E-state index contributed by atoms with van der Waals surface area (Å²) in [7, 11) is 0. The van der Waals surface area contributed by atoms with Gasteiger partial charge in [-0.3, -0.25) is 10.0 Å². The summed E-state index contributed by atoms with van der Waals surface area (Å²) in [5.74, 6) is 0.331. The largest absolute Gasteiger partial charge is 0.304 e. The third-order valence-electron chi connectivity index (χ3n) is 5.42. The van der Waals surface area contributed by atoms with Crippen LogP contribution in [0.15, 0.2) is 48.7 Å². The minimum Gasteiger partial charge on any atom is -0.304 e. The highest BCUT2D eigenvalue weighted by molar-refractivity contribution is 5.91. The number of amides is 1. The molecule has 0 bridgehead atoms. The lowest BCUT2D eigenvalue weighted by molar-refractivity contribution is -0.124. The number of hydrogen-bond donors (Lipinski definition) is 2. The Hall–Kier alpha value is -3.03. The van der Waals surface area contributed by atoms with Gasteiger partial charge in [0.05, 0.1) is 0 Å². The van der Waals surface area contributed by atoms with Crippen LogP contribution in [0.2, 0.25) is 0 Å². The van der Waals surface area contributed by atoms with Crippen LogP contribution in [0.1, 0.15) is 31.4 Å². The van der Waals surface area contributed by atoms with E-state index in [9.17, 15) is 4.79 Å². The van der Waals surface area contributed by atoms with Crippen LogP contribution in [0, 0.1) is 0 Å². The summed E-state index contributed by atoms with van der Waals surface area (Å²) in [5.41, 5.74) is 5.23. The SMILES string of the molecule is CCN1CCCC(n2c(-c3cccc(C=CC(=O)NO)c3)nc3cccnc32)C1. The summed E-state index contributed by atoms with van der Waals surface area (Å²) in [6, 6.07) is 12.1. The number of carbonyl (C=O) groups is 1. The van der Waals surface area contributed by atoms with E-state index in [0.29, 0.717) is 6.04 Å². The van der Waals surface area contributed by atoms with Gasteiger partial charge in [0.25, 0.3) is 5.91 Å². The summed E-state index contributed by atoms with van der Waals surface area (Å²) in [6.07, 6.45) is 7.03. The van der Waals surface area contributed by atoms with E-state index in [1.807, 2.05) is 42.6 Å². The molecule has 7 nitrogen and oxygen atoms in total. The fourth-order valence-electron chi connectivity index (χ4n) is 4.00. The molecule has 3 aromatic rings. The molecule has 2 N–H and O–H groups in total. The Morgan fingerprint density at radius 3 is 3.07 bits per heavy atom. The number of benzene rings is 1. The van der Waals surface area contributed by atoms with E-state index in [0.717, 1.165) is 60.6 Å². The van der Waals surface area contributed by atoms with E-state index >= 15 is 0 Å². The van der Waals surface area contributed by atoms with Crippen molar-refractivity contribution in [2.75, 3.05) is 19.6 Å². The molecular weight excluding hydrogens is 366 g/mol. The zero-order chi connectivity index (χ0) is 20.2. The number of nitrogens with one attached hydrogen (secondary N) is 1.